The van der Waals surface area contributed by atoms with E-state index in [0.29, 0.717) is 5.41 Å². The molecule has 0 aromatic heterocycles. The number of rotatable bonds is 3. The molecule has 3 saturated carbocycles. The first kappa shape index (κ1) is 12.1. The smallest absolute Gasteiger partial charge is 0.0292 e. The van der Waals surface area contributed by atoms with Crippen LogP contribution in [0.25, 0.3) is 0 Å². The summed E-state index contributed by atoms with van der Waals surface area (Å²) in [5, 5.41) is 0. The van der Waals surface area contributed by atoms with Crippen LogP contribution in [0.1, 0.15) is 72.1 Å². The van der Waals surface area contributed by atoms with E-state index >= 15 is 0 Å². The lowest BCUT2D eigenvalue weighted by Crippen LogP contribution is -2.52. The summed E-state index contributed by atoms with van der Waals surface area (Å²) in [6.07, 6.45) is 12.2. The van der Waals surface area contributed by atoms with Gasteiger partial charge in [0.25, 0.3) is 0 Å². The van der Waals surface area contributed by atoms with Gasteiger partial charge in [-0.25, -0.2) is 0 Å². The Labute approximate surface area is 108 Å². The average Bonchev–Trinajstić information content (AvgIpc) is 2.89. The van der Waals surface area contributed by atoms with Gasteiger partial charge < -0.3 is 0 Å². The van der Waals surface area contributed by atoms with Gasteiger partial charge in [0.1, 0.15) is 0 Å². The quantitative estimate of drug-likeness (QED) is 0.623. The van der Waals surface area contributed by atoms with Crippen molar-refractivity contribution >= 4 is 0 Å². The molecule has 3 rings (SSSR count). The van der Waals surface area contributed by atoms with Gasteiger partial charge in [-0.15, -0.1) is 0 Å². The molecular weight excluding hydrogens is 204 g/mol. The third-order valence-corrected chi connectivity index (χ3v) is 6.84. The fourth-order valence-corrected chi connectivity index (χ4v) is 6.04. The zero-order chi connectivity index (χ0) is 12.0. The predicted molar refractivity (Wildman–Crippen MR) is 73.8 cm³/mol. The summed E-state index contributed by atoms with van der Waals surface area (Å²) in [7, 11) is 0. The summed E-state index contributed by atoms with van der Waals surface area (Å²) in [6.45, 7) is 7.67. The molecule has 0 nitrogen and oxygen atoms in total. The second kappa shape index (κ2) is 4.28. The molecule has 98 valence electrons. The third-order valence-electron chi connectivity index (χ3n) is 6.84. The molecule has 0 aromatic rings. The van der Waals surface area contributed by atoms with Crippen LogP contribution in [-0.4, -0.2) is 0 Å². The maximum absolute atomic E-state index is 2.62. The molecular formula is C17H30. The highest BCUT2D eigenvalue weighted by atomic mass is 14.6. The summed E-state index contributed by atoms with van der Waals surface area (Å²) >= 11 is 0. The van der Waals surface area contributed by atoms with Crippen molar-refractivity contribution < 1.29 is 0 Å². The van der Waals surface area contributed by atoms with E-state index in [1.54, 1.807) is 12.8 Å². The Morgan fingerprint density at radius 1 is 0.882 bits per heavy atom. The van der Waals surface area contributed by atoms with Crippen LogP contribution in [0.3, 0.4) is 0 Å². The summed E-state index contributed by atoms with van der Waals surface area (Å²) < 4.78 is 0. The van der Waals surface area contributed by atoms with E-state index in [4.69, 9.17) is 0 Å². The van der Waals surface area contributed by atoms with Crippen LogP contribution in [0.2, 0.25) is 0 Å². The van der Waals surface area contributed by atoms with Crippen molar-refractivity contribution in [3.63, 3.8) is 0 Å². The van der Waals surface area contributed by atoms with Crippen molar-refractivity contribution in [2.24, 2.45) is 35.0 Å². The Hall–Kier alpha value is 0. The van der Waals surface area contributed by atoms with Gasteiger partial charge in [-0.1, -0.05) is 46.5 Å². The first-order valence-electron chi connectivity index (χ1n) is 8.16. The van der Waals surface area contributed by atoms with Crippen LogP contribution in [0.15, 0.2) is 0 Å². The van der Waals surface area contributed by atoms with Crippen molar-refractivity contribution in [2.45, 2.75) is 72.1 Å². The molecule has 0 N–H and O–H groups in total. The van der Waals surface area contributed by atoms with E-state index < -0.39 is 0 Å². The van der Waals surface area contributed by atoms with Crippen LogP contribution >= 0.6 is 0 Å². The van der Waals surface area contributed by atoms with Gasteiger partial charge in [0.2, 0.25) is 0 Å². The lowest BCUT2D eigenvalue weighted by molar-refractivity contribution is -0.101. The lowest BCUT2D eigenvalue weighted by Gasteiger charge is -2.58. The molecule has 0 heterocycles. The zero-order valence-corrected chi connectivity index (χ0v) is 12.0. The third kappa shape index (κ3) is 1.70. The Balaban J connectivity index is 1.77. The van der Waals surface area contributed by atoms with Gasteiger partial charge >= 0.3 is 0 Å². The highest BCUT2D eigenvalue weighted by Crippen LogP contribution is 2.64. The van der Waals surface area contributed by atoms with Gasteiger partial charge in [0, 0.05) is 0 Å². The average molecular weight is 234 g/mol. The van der Waals surface area contributed by atoms with Crippen LogP contribution < -0.4 is 0 Å². The maximum Gasteiger partial charge on any atom is -0.0292 e. The summed E-state index contributed by atoms with van der Waals surface area (Å²) in [6, 6.07) is 0. The first-order chi connectivity index (χ1) is 8.16. The van der Waals surface area contributed by atoms with E-state index in [9.17, 15) is 0 Å². The van der Waals surface area contributed by atoms with E-state index in [-0.39, 0.29) is 0 Å². The van der Waals surface area contributed by atoms with Gasteiger partial charge in [-0.05, 0) is 60.7 Å². The second-order valence-electron chi connectivity index (χ2n) is 7.66. The Morgan fingerprint density at radius 2 is 1.53 bits per heavy atom. The minimum absolute atomic E-state index is 0.642. The van der Waals surface area contributed by atoms with Crippen molar-refractivity contribution in [3.8, 4) is 0 Å². The van der Waals surface area contributed by atoms with Crippen LogP contribution in [0, 0.1) is 35.0 Å². The zero-order valence-electron chi connectivity index (χ0n) is 12.0. The lowest BCUT2D eigenvalue weighted by atomic mass is 9.47. The summed E-state index contributed by atoms with van der Waals surface area (Å²) in [5.74, 6) is 5.45. The minimum Gasteiger partial charge on any atom is -0.0651 e. The largest absolute Gasteiger partial charge is 0.0651 e. The van der Waals surface area contributed by atoms with Crippen LogP contribution in [0.5, 0.6) is 0 Å². The molecule has 17 heavy (non-hydrogen) atoms. The van der Waals surface area contributed by atoms with E-state index in [1.807, 2.05) is 0 Å². The highest BCUT2D eigenvalue weighted by Gasteiger charge is 2.57. The first-order valence-corrected chi connectivity index (χ1v) is 8.16. The molecule has 0 heteroatoms. The summed E-state index contributed by atoms with van der Waals surface area (Å²) in [5.41, 5.74) is 0.642. The van der Waals surface area contributed by atoms with Gasteiger partial charge in [-0.2, -0.15) is 0 Å². The standard InChI is InChI=1S/C17H30/c1-4-13-14-10-7-11-15(14)16(13)17(2,3)12-8-5-6-9-12/h12-16H,4-11H2,1-3H3. The molecule has 0 aliphatic heterocycles. The molecule has 0 saturated heterocycles. The summed E-state index contributed by atoms with van der Waals surface area (Å²) in [4.78, 5) is 0. The van der Waals surface area contributed by atoms with Gasteiger partial charge in [0.05, 0.1) is 0 Å². The molecule has 3 fully saturated rings. The Bertz CT molecular complexity index is 272. The molecule has 0 spiro atoms. The molecule has 4 unspecified atom stereocenters. The molecule has 0 bridgehead atoms. The normalized spacial score (nSPS) is 42.5. The van der Waals surface area contributed by atoms with Crippen molar-refractivity contribution in [1.82, 2.24) is 0 Å². The van der Waals surface area contributed by atoms with Gasteiger partial charge in [0.15, 0.2) is 0 Å². The van der Waals surface area contributed by atoms with E-state index in [1.165, 1.54) is 38.5 Å². The van der Waals surface area contributed by atoms with E-state index in [0.717, 1.165) is 29.6 Å². The molecule has 0 aromatic carbocycles. The molecule has 4 atom stereocenters. The van der Waals surface area contributed by atoms with Gasteiger partial charge in [-0.3, -0.25) is 0 Å². The molecule has 3 aliphatic rings. The van der Waals surface area contributed by atoms with Crippen molar-refractivity contribution in [2.75, 3.05) is 0 Å². The fourth-order valence-electron chi connectivity index (χ4n) is 6.04. The van der Waals surface area contributed by atoms with Crippen molar-refractivity contribution in [3.05, 3.63) is 0 Å². The van der Waals surface area contributed by atoms with Crippen LogP contribution in [-0.2, 0) is 0 Å². The molecule has 0 radical (unpaired) electrons. The molecule has 3 aliphatic carbocycles. The number of hydrogen-bond donors (Lipinski definition) is 0. The molecule has 0 amide bonds. The number of fused-ring (bicyclic) bond motifs is 1. The van der Waals surface area contributed by atoms with Crippen LogP contribution in [0.4, 0.5) is 0 Å². The fraction of sp³-hybridized carbons (Fsp3) is 1.00. The highest BCUT2D eigenvalue weighted by molar-refractivity contribution is 5.06. The van der Waals surface area contributed by atoms with Crippen molar-refractivity contribution in [1.29, 1.82) is 0 Å². The monoisotopic (exact) mass is 234 g/mol. The topological polar surface area (TPSA) is 0 Å². The number of hydrogen-bond acceptors (Lipinski definition) is 0. The maximum atomic E-state index is 2.62. The SMILES string of the molecule is CCC1C2CCCC2C1C(C)(C)C1CCCC1. The minimum atomic E-state index is 0.642. The Kier molecular flexibility index (Phi) is 3.04. The second-order valence-corrected chi connectivity index (χ2v) is 7.66. The Morgan fingerprint density at radius 3 is 2.18 bits per heavy atom. The van der Waals surface area contributed by atoms with E-state index in [2.05, 4.69) is 20.8 Å². The predicted octanol–water partition coefficient (Wildman–Crippen LogP) is 5.28.